The lowest BCUT2D eigenvalue weighted by atomic mass is 9.95. The molecule has 0 aliphatic heterocycles. The van der Waals surface area contributed by atoms with Gasteiger partial charge < -0.3 is 5.11 Å². The molecule has 6 nitrogen and oxygen atoms in total. The average molecular weight is 675 g/mol. The first-order valence-corrected chi connectivity index (χ1v) is 22.0. The summed E-state index contributed by atoms with van der Waals surface area (Å²) in [4.78, 5) is 2.22. The van der Waals surface area contributed by atoms with Crippen molar-refractivity contribution in [1.29, 1.82) is 0 Å². The summed E-state index contributed by atoms with van der Waals surface area (Å²) in [6.07, 6.45) is 31.3. The van der Waals surface area contributed by atoms with Gasteiger partial charge in [-0.15, -0.1) is 0 Å². The van der Waals surface area contributed by atoms with Gasteiger partial charge in [-0.2, -0.15) is 0 Å². The van der Waals surface area contributed by atoms with Gasteiger partial charge in [0.1, 0.15) is 0 Å². The molecule has 0 saturated carbocycles. The van der Waals surface area contributed by atoms with Crippen LogP contribution < -0.4 is 5.09 Å². The van der Waals surface area contributed by atoms with Crippen LogP contribution in [-0.4, -0.2) is 56.0 Å². The van der Waals surface area contributed by atoms with E-state index in [2.05, 4.69) is 44.6 Å². The van der Waals surface area contributed by atoms with Crippen molar-refractivity contribution in [1.82, 2.24) is 9.99 Å². The lowest BCUT2D eigenvalue weighted by Gasteiger charge is -2.27. The molecule has 0 aliphatic rings. The first-order chi connectivity index (χ1) is 22.5. The molecule has 2 atom stereocenters. The van der Waals surface area contributed by atoms with Crippen LogP contribution in [-0.2, 0) is 13.6 Å². The molecule has 0 spiro atoms. The van der Waals surface area contributed by atoms with Crippen LogP contribution in [0.1, 0.15) is 195 Å². The van der Waals surface area contributed by atoms with Crippen LogP contribution in [0.3, 0.4) is 0 Å². The smallest absolute Gasteiger partial charge is 0.395 e. The SMILES string of the molecule is CCCCCCCCC(CCCCCC)COP(=O)(NCCN(CCC)CCO)OCC(CCCCCC)CCCCCCCC. The number of hydrogen-bond donors (Lipinski definition) is 2. The van der Waals surface area contributed by atoms with Crippen LogP contribution >= 0.6 is 7.75 Å². The molecule has 0 heterocycles. The molecule has 0 bridgehead atoms. The molecule has 0 radical (unpaired) electrons. The van der Waals surface area contributed by atoms with Gasteiger partial charge in [-0.05, 0) is 50.5 Å². The molecule has 0 aromatic carbocycles. The van der Waals surface area contributed by atoms with Crippen LogP contribution in [0.5, 0.6) is 0 Å². The summed E-state index contributed by atoms with van der Waals surface area (Å²) in [5.41, 5.74) is 0. The summed E-state index contributed by atoms with van der Waals surface area (Å²) in [5, 5.41) is 12.8. The molecule has 7 heteroatoms. The van der Waals surface area contributed by atoms with Gasteiger partial charge in [-0.3, -0.25) is 13.9 Å². The van der Waals surface area contributed by atoms with E-state index >= 15 is 0 Å². The van der Waals surface area contributed by atoms with Crippen molar-refractivity contribution >= 4 is 7.75 Å². The van der Waals surface area contributed by atoms with Crippen LogP contribution in [0.15, 0.2) is 0 Å². The maximum atomic E-state index is 14.3. The molecule has 0 fully saturated rings. The zero-order valence-corrected chi connectivity index (χ0v) is 32.7. The molecule has 0 aliphatic carbocycles. The Morgan fingerprint density at radius 3 is 1.26 bits per heavy atom. The molecule has 278 valence electrons. The number of nitrogens with zero attached hydrogens (tertiary/aromatic N) is 1. The zero-order chi connectivity index (χ0) is 34.0. The third-order valence-electron chi connectivity index (χ3n) is 9.51. The predicted molar refractivity (Wildman–Crippen MR) is 202 cm³/mol. The highest BCUT2D eigenvalue weighted by atomic mass is 31.2. The highest BCUT2D eigenvalue weighted by molar-refractivity contribution is 7.51. The summed E-state index contributed by atoms with van der Waals surface area (Å²) >= 11 is 0. The minimum atomic E-state index is -3.46. The Morgan fingerprint density at radius 1 is 0.522 bits per heavy atom. The van der Waals surface area contributed by atoms with Gasteiger partial charge in [-0.25, -0.2) is 9.65 Å². The van der Waals surface area contributed by atoms with Gasteiger partial charge in [-0.1, -0.05) is 163 Å². The monoisotopic (exact) mass is 675 g/mol. The van der Waals surface area contributed by atoms with Gasteiger partial charge in [0.05, 0.1) is 19.8 Å². The van der Waals surface area contributed by atoms with Crippen molar-refractivity contribution < 1.29 is 18.7 Å². The van der Waals surface area contributed by atoms with E-state index in [0.29, 0.717) is 38.1 Å². The fraction of sp³-hybridized carbons (Fsp3) is 1.00. The molecule has 2 unspecified atom stereocenters. The minimum Gasteiger partial charge on any atom is -0.395 e. The van der Waals surface area contributed by atoms with E-state index in [4.69, 9.17) is 9.05 Å². The Hall–Kier alpha value is 0.0300. The summed E-state index contributed by atoms with van der Waals surface area (Å²) in [5.74, 6) is 0.862. The van der Waals surface area contributed by atoms with E-state index in [1.807, 2.05) is 0 Å². The second kappa shape index (κ2) is 34.9. The fourth-order valence-electron chi connectivity index (χ4n) is 6.44. The molecule has 46 heavy (non-hydrogen) atoms. The maximum absolute atomic E-state index is 14.3. The normalized spacial score (nSPS) is 14.6. The summed E-state index contributed by atoms with van der Waals surface area (Å²) < 4.78 is 27.1. The first-order valence-electron chi connectivity index (χ1n) is 20.5. The molecule has 0 amide bonds. The number of unbranched alkanes of at least 4 members (excludes halogenated alkanes) is 16. The van der Waals surface area contributed by atoms with Gasteiger partial charge in [0.2, 0.25) is 0 Å². The molecule has 2 N–H and O–H groups in total. The van der Waals surface area contributed by atoms with Crippen LogP contribution in [0.25, 0.3) is 0 Å². The largest absolute Gasteiger partial charge is 0.405 e. The van der Waals surface area contributed by atoms with Gasteiger partial charge >= 0.3 is 7.75 Å². The third-order valence-corrected chi connectivity index (χ3v) is 11.1. The van der Waals surface area contributed by atoms with Crippen molar-refractivity contribution in [3.8, 4) is 0 Å². The molecule has 0 aromatic heterocycles. The Bertz CT molecular complexity index is 607. The van der Waals surface area contributed by atoms with E-state index in [1.165, 1.54) is 128 Å². The van der Waals surface area contributed by atoms with Crippen LogP contribution in [0.4, 0.5) is 0 Å². The highest BCUT2D eigenvalue weighted by Gasteiger charge is 2.28. The van der Waals surface area contributed by atoms with E-state index in [1.54, 1.807) is 0 Å². The zero-order valence-electron chi connectivity index (χ0n) is 31.8. The number of aliphatic hydroxyl groups is 1. The highest BCUT2D eigenvalue weighted by Crippen LogP contribution is 2.45. The van der Waals surface area contributed by atoms with Gasteiger partial charge in [0, 0.05) is 19.6 Å². The molecule has 0 saturated heterocycles. The van der Waals surface area contributed by atoms with Crippen molar-refractivity contribution in [3.05, 3.63) is 0 Å². The Kier molecular flexibility index (Phi) is 34.9. The van der Waals surface area contributed by atoms with Gasteiger partial charge in [0.25, 0.3) is 0 Å². The Morgan fingerprint density at radius 2 is 0.891 bits per heavy atom. The van der Waals surface area contributed by atoms with Crippen molar-refractivity contribution in [3.63, 3.8) is 0 Å². The molecule has 0 aromatic rings. The molecular formula is C39H83N2O4P. The second-order valence-corrected chi connectivity index (χ2v) is 15.9. The molecular weight excluding hydrogens is 591 g/mol. The third kappa shape index (κ3) is 29.0. The summed E-state index contributed by atoms with van der Waals surface area (Å²) in [6.45, 7) is 15.2. The van der Waals surface area contributed by atoms with E-state index in [9.17, 15) is 9.67 Å². The second-order valence-electron chi connectivity index (χ2n) is 14.1. The van der Waals surface area contributed by atoms with E-state index < -0.39 is 7.75 Å². The number of hydrogen-bond acceptors (Lipinski definition) is 5. The number of aliphatic hydroxyl groups excluding tert-OH is 1. The van der Waals surface area contributed by atoms with Gasteiger partial charge in [0.15, 0.2) is 0 Å². The summed E-state index contributed by atoms with van der Waals surface area (Å²) in [6, 6.07) is 0. The Labute approximate surface area is 288 Å². The van der Waals surface area contributed by atoms with Crippen LogP contribution in [0.2, 0.25) is 0 Å². The van der Waals surface area contributed by atoms with Crippen molar-refractivity contribution in [2.45, 2.75) is 195 Å². The lowest BCUT2D eigenvalue weighted by Crippen LogP contribution is -2.34. The topological polar surface area (TPSA) is 71.0 Å². The van der Waals surface area contributed by atoms with E-state index in [-0.39, 0.29) is 6.61 Å². The molecule has 0 rings (SSSR count). The number of rotatable bonds is 38. The standard InChI is InChI=1S/C39H83N2O4P/c1-6-11-15-19-21-25-29-38(27-23-17-13-8-3)36-44-46(43,40-31-33-41(32-10-5)34-35-42)45-37-39(28-24-18-14-9-4)30-26-22-20-16-12-7-2/h38-39,42H,6-37H2,1-5H3,(H,40,43). The number of nitrogens with one attached hydrogen (secondary N) is 1. The quantitative estimate of drug-likeness (QED) is 0.0502. The van der Waals surface area contributed by atoms with Crippen molar-refractivity contribution in [2.24, 2.45) is 11.8 Å². The van der Waals surface area contributed by atoms with Crippen LogP contribution in [0, 0.1) is 11.8 Å². The first kappa shape index (κ1) is 46.0. The predicted octanol–water partition coefficient (Wildman–Crippen LogP) is 12.1. The maximum Gasteiger partial charge on any atom is 0.405 e. The van der Waals surface area contributed by atoms with Crippen molar-refractivity contribution in [2.75, 3.05) is 46.0 Å². The Balaban J connectivity index is 5.43. The van der Waals surface area contributed by atoms with E-state index in [0.717, 1.165) is 45.2 Å². The minimum absolute atomic E-state index is 0.140. The summed E-state index contributed by atoms with van der Waals surface area (Å²) in [7, 11) is -3.46. The lowest BCUT2D eigenvalue weighted by molar-refractivity contribution is 0.138. The fourth-order valence-corrected chi connectivity index (χ4v) is 7.89. The average Bonchev–Trinajstić information content (AvgIpc) is 3.05.